The molecule has 1 aromatic heterocycles. The van der Waals surface area contributed by atoms with Gasteiger partial charge in [0, 0.05) is 24.7 Å². The van der Waals surface area contributed by atoms with Gasteiger partial charge in [0.25, 0.3) is 0 Å². The average molecular weight is 262 g/mol. The highest BCUT2D eigenvalue weighted by Gasteiger charge is 1.98. The molecular formula is C14H18N2OS. The van der Waals surface area contributed by atoms with Gasteiger partial charge in [-0.2, -0.15) is 0 Å². The van der Waals surface area contributed by atoms with Gasteiger partial charge in [-0.25, -0.2) is 4.98 Å². The number of benzene rings is 1. The van der Waals surface area contributed by atoms with E-state index in [4.69, 9.17) is 4.74 Å². The zero-order valence-electron chi connectivity index (χ0n) is 10.6. The van der Waals surface area contributed by atoms with E-state index in [1.54, 1.807) is 11.3 Å². The first-order chi connectivity index (χ1) is 8.88. The summed E-state index contributed by atoms with van der Waals surface area (Å²) in [7, 11) is 0. The Balaban J connectivity index is 1.81. The van der Waals surface area contributed by atoms with Gasteiger partial charge in [-0.3, -0.25) is 0 Å². The van der Waals surface area contributed by atoms with Crippen molar-refractivity contribution in [3.63, 3.8) is 0 Å². The molecule has 0 fully saturated rings. The van der Waals surface area contributed by atoms with Crippen LogP contribution in [0.2, 0.25) is 0 Å². The molecular weight excluding hydrogens is 244 g/mol. The molecule has 0 bridgehead atoms. The minimum absolute atomic E-state index is 0.774. The smallest absolute Gasteiger partial charge is 0.119 e. The maximum Gasteiger partial charge on any atom is 0.119 e. The molecule has 96 valence electrons. The van der Waals surface area contributed by atoms with Crippen molar-refractivity contribution in [1.29, 1.82) is 0 Å². The molecule has 0 saturated heterocycles. The number of thiazole rings is 1. The Hall–Kier alpha value is -1.39. The summed E-state index contributed by atoms with van der Waals surface area (Å²) in [6, 6.07) is 8.23. The lowest BCUT2D eigenvalue weighted by atomic mass is 10.2. The summed E-state index contributed by atoms with van der Waals surface area (Å²) in [5.74, 6) is 0.949. The van der Waals surface area contributed by atoms with E-state index in [9.17, 15) is 0 Å². The quantitative estimate of drug-likeness (QED) is 0.832. The molecule has 4 heteroatoms. The summed E-state index contributed by atoms with van der Waals surface area (Å²) in [6.45, 7) is 4.54. The first-order valence-electron chi connectivity index (χ1n) is 6.19. The van der Waals surface area contributed by atoms with Crippen molar-refractivity contribution < 1.29 is 4.74 Å². The SMILES string of the molecule is CCCOc1cccc(CNCc2nccs2)c1. The topological polar surface area (TPSA) is 34.1 Å². The second kappa shape index (κ2) is 7.13. The van der Waals surface area contributed by atoms with Crippen LogP contribution in [0.3, 0.4) is 0 Å². The predicted molar refractivity (Wildman–Crippen MR) is 74.9 cm³/mol. The van der Waals surface area contributed by atoms with Crippen molar-refractivity contribution in [2.75, 3.05) is 6.61 Å². The van der Waals surface area contributed by atoms with E-state index in [1.165, 1.54) is 5.56 Å². The Kier molecular flexibility index (Phi) is 5.17. The molecule has 0 aliphatic heterocycles. The van der Waals surface area contributed by atoms with Gasteiger partial charge in [0.05, 0.1) is 6.61 Å². The van der Waals surface area contributed by atoms with Crippen LogP contribution in [0.1, 0.15) is 23.9 Å². The Morgan fingerprint density at radius 2 is 2.28 bits per heavy atom. The highest BCUT2D eigenvalue weighted by atomic mass is 32.1. The summed E-state index contributed by atoms with van der Waals surface area (Å²) < 4.78 is 5.61. The molecule has 0 radical (unpaired) electrons. The van der Waals surface area contributed by atoms with Crippen LogP contribution in [0.25, 0.3) is 0 Å². The minimum atomic E-state index is 0.774. The number of rotatable bonds is 7. The number of hydrogen-bond acceptors (Lipinski definition) is 4. The molecule has 2 aromatic rings. The fourth-order valence-corrected chi connectivity index (χ4v) is 2.21. The third kappa shape index (κ3) is 4.13. The number of ether oxygens (including phenoxy) is 1. The zero-order valence-corrected chi connectivity index (χ0v) is 11.4. The number of hydrogen-bond donors (Lipinski definition) is 1. The van der Waals surface area contributed by atoms with E-state index in [0.29, 0.717) is 0 Å². The largest absolute Gasteiger partial charge is 0.494 e. The third-order valence-corrected chi connectivity index (χ3v) is 3.24. The van der Waals surface area contributed by atoms with Crippen LogP contribution in [-0.2, 0) is 13.1 Å². The molecule has 0 atom stereocenters. The number of nitrogens with one attached hydrogen (secondary N) is 1. The monoisotopic (exact) mass is 262 g/mol. The Bertz CT molecular complexity index is 457. The molecule has 18 heavy (non-hydrogen) atoms. The molecule has 3 nitrogen and oxygen atoms in total. The summed E-state index contributed by atoms with van der Waals surface area (Å²) in [5, 5.41) is 6.49. The highest BCUT2D eigenvalue weighted by Crippen LogP contribution is 2.13. The van der Waals surface area contributed by atoms with E-state index in [-0.39, 0.29) is 0 Å². The van der Waals surface area contributed by atoms with Crippen LogP contribution < -0.4 is 10.1 Å². The van der Waals surface area contributed by atoms with Crippen molar-refractivity contribution in [2.24, 2.45) is 0 Å². The van der Waals surface area contributed by atoms with Crippen LogP contribution in [0.4, 0.5) is 0 Å². The number of aromatic nitrogens is 1. The lowest BCUT2D eigenvalue weighted by molar-refractivity contribution is 0.317. The van der Waals surface area contributed by atoms with Gasteiger partial charge in [-0.15, -0.1) is 11.3 Å². The standard InChI is InChI=1S/C14H18N2OS/c1-2-7-17-13-5-3-4-12(9-13)10-15-11-14-16-6-8-18-14/h3-6,8-9,15H,2,7,10-11H2,1H3. The lowest BCUT2D eigenvalue weighted by Gasteiger charge is -2.07. The van der Waals surface area contributed by atoms with Crippen LogP contribution in [0.15, 0.2) is 35.8 Å². The minimum Gasteiger partial charge on any atom is -0.494 e. The molecule has 0 saturated carbocycles. The highest BCUT2D eigenvalue weighted by molar-refractivity contribution is 7.09. The molecule has 2 rings (SSSR count). The van der Waals surface area contributed by atoms with E-state index in [0.717, 1.165) is 36.9 Å². The molecule has 1 N–H and O–H groups in total. The van der Waals surface area contributed by atoms with E-state index in [2.05, 4.69) is 29.4 Å². The molecule has 0 spiro atoms. The van der Waals surface area contributed by atoms with E-state index in [1.807, 2.05) is 23.7 Å². The summed E-state index contributed by atoms with van der Waals surface area (Å²) in [6.07, 6.45) is 2.87. The van der Waals surface area contributed by atoms with Crippen molar-refractivity contribution in [3.05, 3.63) is 46.4 Å². The average Bonchev–Trinajstić information content (AvgIpc) is 2.90. The second-order valence-corrected chi connectivity index (χ2v) is 5.00. The van der Waals surface area contributed by atoms with Gasteiger partial charge < -0.3 is 10.1 Å². The normalized spacial score (nSPS) is 10.5. The van der Waals surface area contributed by atoms with Gasteiger partial charge in [0.2, 0.25) is 0 Å². The maximum absolute atomic E-state index is 5.61. The van der Waals surface area contributed by atoms with Crippen LogP contribution >= 0.6 is 11.3 Å². The van der Waals surface area contributed by atoms with Crippen LogP contribution in [0.5, 0.6) is 5.75 Å². The Morgan fingerprint density at radius 3 is 3.06 bits per heavy atom. The van der Waals surface area contributed by atoms with Gasteiger partial charge in [0.1, 0.15) is 10.8 Å². The van der Waals surface area contributed by atoms with Gasteiger partial charge in [-0.1, -0.05) is 19.1 Å². The molecule has 1 heterocycles. The van der Waals surface area contributed by atoms with Crippen molar-refractivity contribution >= 4 is 11.3 Å². The summed E-state index contributed by atoms with van der Waals surface area (Å²) in [5.41, 5.74) is 1.24. The van der Waals surface area contributed by atoms with Crippen molar-refractivity contribution in [3.8, 4) is 5.75 Å². The molecule has 0 aliphatic carbocycles. The second-order valence-electron chi connectivity index (χ2n) is 4.03. The van der Waals surface area contributed by atoms with E-state index < -0.39 is 0 Å². The molecule has 0 aliphatic rings. The maximum atomic E-state index is 5.61. The van der Waals surface area contributed by atoms with Crippen LogP contribution in [0, 0.1) is 0 Å². The predicted octanol–water partition coefficient (Wildman–Crippen LogP) is 3.22. The summed E-state index contributed by atoms with van der Waals surface area (Å²) >= 11 is 1.67. The summed E-state index contributed by atoms with van der Waals surface area (Å²) in [4.78, 5) is 4.24. The first kappa shape index (κ1) is 13.1. The third-order valence-electron chi connectivity index (χ3n) is 2.46. The van der Waals surface area contributed by atoms with Crippen molar-refractivity contribution in [1.82, 2.24) is 10.3 Å². The van der Waals surface area contributed by atoms with Crippen molar-refractivity contribution in [2.45, 2.75) is 26.4 Å². The van der Waals surface area contributed by atoms with Gasteiger partial charge >= 0.3 is 0 Å². The number of nitrogens with zero attached hydrogens (tertiary/aromatic N) is 1. The molecule has 0 amide bonds. The molecule has 0 unspecified atom stereocenters. The lowest BCUT2D eigenvalue weighted by Crippen LogP contribution is -2.12. The zero-order chi connectivity index (χ0) is 12.6. The van der Waals surface area contributed by atoms with Gasteiger partial charge in [0.15, 0.2) is 0 Å². The van der Waals surface area contributed by atoms with E-state index >= 15 is 0 Å². The Morgan fingerprint density at radius 1 is 1.33 bits per heavy atom. The fraction of sp³-hybridized carbons (Fsp3) is 0.357. The fourth-order valence-electron chi connectivity index (χ4n) is 1.62. The van der Waals surface area contributed by atoms with Gasteiger partial charge in [-0.05, 0) is 24.1 Å². The molecule has 1 aromatic carbocycles. The Labute approximate surface area is 112 Å². The van der Waals surface area contributed by atoms with Crippen LogP contribution in [-0.4, -0.2) is 11.6 Å². The first-order valence-corrected chi connectivity index (χ1v) is 7.07.